The minimum atomic E-state index is 0.456. The molecule has 4 heteroatoms. The zero-order valence-electron chi connectivity index (χ0n) is 19.2. The van der Waals surface area contributed by atoms with E-state index in [4.69, 9.17) is 4.74 Å². The van der Waals surface area contributed by atoms with Crippen molar-refractivity contribution in [3.8, 4) is 0 Å². The molecule has 3 heterocycles. The van der Waals surface area contributed by atoms with Gasteiger partial charge in [-0.15, -0.1) is 0 Å². The minimum Gasteiger partial charge on any atom is -0.375 e. The Morgan fingerprint density at radius 2 is 1.68 bits per heavy atom. The molecule has 4 rings (SSSR count). The van der Waals surface area contributed by atoms with Gasteiger partial charge in [0, 0.05) is 25.7 Å². The Morgan fingerprint density at radius 3 is 2.29 bits per heavy atom. The summed E-state index contributed by atoms with van der Waals surface area (Å²) in [4.78, 5) is 5.53. The van der Waals surface area contributed by atoms with Gasteiger partial charge in [-0.05, 0) is 82.0 Å². The number of nitrogens with zero attached hydrogens (tertiary/aromatic N) is 2. The second-order valence-corrected chi connectivity index (χ2v) is 10.4. The molecule has 164 valence electrons. The van der Waals surface area contributed by atoms with Crippen LogP contribution in [0, 0.1) is 17.3 Å². The highest BCUT2D eigenvalue weighted by molar-refractivity contribution is 5.02. The van der Waals surface area contributed by atoms with Crippen molar-refractivity contribution in [1.29, 1.82) is 0 Å². The van der Waals surface area contributed by atoms with Crippen LogP contribution in [0.2, 0.25) is 0 Å². The molecule has 1 saturated carbocycles. The van der Waals surface area contributed by atoms with Crippen LogP contribution in [-0.2, 0) is 4.74 Å². The van der Waals surface area contributed by atoms with Gasteiger partial charge in [-0.1, -0.05) is 34.1 Å². The number of hydrogen-bond acceptors (Lipinski definition) is 4. The van der Waals surface area contributed by atoms with E-state index in [9.17, 15) is 0 Å². The summed E-state index contributed by atoms with van der Waals surface area (Å²) >= 11 is 0. The molecule has 0 aromatic carbocycles. The zero-order valence-corrected chi connectivity index (χ0v) is 19.2. The maximum atomic E-state index is 5.96. The minimum absolute atomic E-state index is 0.456. The summed E-state index contributed by atoms with van der Waals surface area (Å²) < 4.78 is 5.96. The highest BCUT2D eigenvalue weighted by atomic mass is 16.5. The molecule has 0 bridgehead atoms. The lowest BCUT2D eigenvalue weighted by molar-refractivity contribution is -0.108. The maximum absolute atomic E-state index is 5.96. The molecule has 4 fully saturated rings. The summed E-state index contributed by atoms with van der Waals surface area (Å²) in [6.07, 6.45) is 10.3. The maximum Gasteiger partial charge on any atom is 0.0725 e. The first-order valence-corrected chi connectivity index (χ1v) is 12.3. The van der Waals surface area contributed by atoms with Gasteiger partial charge in [0.05, 0.1) is 12.7 Å². The van der Waals surface area contributed by atoms with Crippen LogP contribution in [0.5, 0.6) is 0 Å². The average molecular weight is 394 g/mol. The first-order valence-electron chi connectivity index (χ1n) is 12.3. The molecule has 1 aliphatic carbocycles. The number of rotatable bonds is 4. The van der Waals surface area contributed by atoms with Crippen molar-refractivity contribution >= 4 is 0 Å². The van der Waals surface area contributed by atoms with Crippen molar-refractivity contribution < 1.29 is 4.74 Å². The summed E-state index contributed by atoms with van der Waals surface area (Å²) in [5.41, 5.74) is 0.695. The lowest BCUT2D eigenvalue weighted by atomic mass is 9.60. The van der Waals surface area contributed by atoms with Gasteiger partial charge >= 0.3 is 0 Å². The molecule has 3 saturated heterocycles. The molecule has 4 aliphatic rings. The topological polar surface area (TPSA) is 27.7 Å². The number of piperidine rings is 2. The highest BCUT2D eigenvalue weighted by Crippen LogP contribution is 2.51. The lowest BCUT2D eigenvalue weighted by Gasteiger charge is -2.56. The van der Waals surface area contributed by atoms with E-state index in [0.29, 0.717) is 17.4 Å². The quantitative estimate of drug-likeness (QED) is 0.781. The highest BCUT2D eigenvalue weighted by Gasteiger charge is 2.48. The van der Waals surface area contributed by atoms with E-state index in [1.165, 1.54) is 84.2 Å². The van der Waals surface area contributed by atoms with E-state index in [0.717, 1.165) is 25.1 Å². The van der Waals surface area contributed by atoms with Crippen molar-refractivity contribution in [3.63, 3.8) is 0 Å². The van der Waals surface area contributed by atoms with E-state index in [-0.39, 0.29) is 0 Å². The fraction of sp³-hybridized carbons (Fsp3) is 1.00. The van der Waals surface area contributed by atoms with E-state index >= 15 is 0 Å². The van der Waals surface area contributed by atoms with Gasteiger partial charge in [0.2, 0.25) is 0 Å². The molecule has 0 aromatic heterocycles. The molecule has 0 aromatic rings. The van der Waals surface area contributed by atoms with Gasteiger partial charge in [0.15, 0.2) is 0 Å². The van der Waals surface area contributed by atoms with Crippen LogP contribution >= 0.6 is 0 Å². The van der Waals surface area contributed by atoms with Crippen LogP contribution in [0.1, 0.15) is 72.6 Å². The van der Waals surface area contributed by atoms with Crippen molar-refractivity contribution in [1.82, 2.24) is 15.1 Å². The van der Waals surface area contributed by atoms with Crippen LogP contribution in [0.3, 0.4) is 0 Å². The van der Waals surface area contributed by atoms with E-state index in [1.54, 1.807) is 0 Å². The first kappa shape index (κ1) is 22.5. The predicted octanol–water partition coefficient (Wildman–Crippen LogP) is 4.00. The molecular formula is C24H47N3O. The van der Waals surface area contributed by atoms with Crippen molar-refractivity contribution in [2.24, 2.45) is 17.3 Å². The third kappa shape index (κ3) is 5.93. The zero-order chi connectivity index (χ0) is 20.0. The number of ether oxygens (including phenoxy) is 1. The molecule has 1 spiro atoms. The molecular weight excluding hydrogens is 346 g/mol. The Kier molecular flexibility index (Phi) is 8.64. The lowest BCUT2D eigenvalue weighted by Crippen LogP contribution is -2.59. The Hall–Kier alpha value is -0.160. The summed E-state index contributed by atoms with van der Waals surface area (Å²) in [5, 5.41) is 3.50. The predicted molar refractivity (Wildman–Crippen MR) is 119 cm³/mol. The Morgan fingerprint density at radius 1 is 1.04 bits per heavy atom. The van der Waals surface area contributed by atoms with Gasteiger partial charge in [-0.25, -0.2) is 0 Å². The van der Waals surface area contributed by atoms with Crippen LogP contribution in [0.15, 0.2) is 0 Å². The number of hydrogen-bond donors (Lipinski definition) is 1. The molecule has 0 amide bonds. The van der Waals surface area contributed by atoms with Crippen LogP contribution in [0.4, 0.5) is 0 Å². The monoisotopic (exact) mass is 393 g/mol. The third-order valence-electron chi connectivity index (χ3n) is 7.61. The van der Waals surface area contributed by atoms with Crippen LogP contribution in [-0.4, -0.2) is 74.4 Å². The molecule has 1 N–H and O–H groups in total. The fourth-order valence-electron chi connectivity index (χ4n) is 5.68. The second kappa shape index (κ2) is 10.7. The van der Waals surface area contributed by atoms with Crippen LogP contribution in [0.25, 0.3) is 0 Å². The molecule has 4 nitrogen and oxygen atoms in total. The summed E-state index contributed by atoms with van der Waals surface area (Å²) in [5.74, 6) is 1.60. The number of likely N-dealkylation sites (tertiary alicyclic amines) is 1. The molecule has 3 aliphatic heterocycles. The third-order valence-corrected chi connectivity index (χ3v) is 7.61. The van der Waals surface area contributed by atoms with Crippen molar-refractivity contribution in [3.05, 3.63) is 0 Å². The van der Waals surface area contributed by atoms with Gasteiger partial charge in [0.1, 0.15) is 0 Å². The van der Waals surface area contributed by atoms with E-state index < -0.39 is 0 Å². The van der Waals surface area contributed by atoms with E-state index in [2.05, 4.69) is 42.8 Å². The molecule has 0 radical (unpaired) electrons. The summed E-state index contributed by atoms with van der Waals surface area (Å²) in [6, 6.07) is 0.848. The number of nitrogens with one attached hydrogen (secondary N) is 1. The fourth-order valence-corrected chi connectivity index (χ4v) is 5.68. The van der Waals surface area contributed by atoms with Crippen LogP contribution < -0.4 is 5.32 Å². The molecule has 0 unspecified atom stereocenters. The van der Waals surface area contributed by atoms with Gasteiger partial charge < -0.3 is 15.0 Å². The number of morpholine rings is 1. The SMILES string of the molecule is CC(C)[C@H]1CN(C2CC3(CCN(CC4CCNCC4)CC3)C2)CCO1.CCC. The van der Waals surface area contributed by atoms with Crippen molar-refractivity contribution in [2.45, 2.75) is 84.8 Å². The molecule has 1 atom stereocenters. The van der Waals surface area contributed by atoms with Gasteiger partial charge in [-0.2, -0.15) is 0 Å². The Balaban J connectivity index is 0.000000706. The molecule has 28 heavy (non-hydrogen) atoms. The van der Waals surface area contributed by atoms with Gasteiger partial charge in [-0.3, -0.25) is 4.90 Å². The van der Waals surface area contributed by atoms with E-state index in [1.807, 2.05) is 0 Å². The smallest absolute Gasteiger partial charge is 0.0725 e. The largest absolute Gasteiger partial charge is 0.375 e. The standard InChI is InChI=1S/C21H39N3O.C3H8/c1-17(2)20-16-24(11-12-25-20)19-13-21(14-19)5-9-23(10-6-21)15-18-3-7-22-8-4-18;1-3-2/h17-20,22H,3-16H2,1-2H3;3H2,1-2H3/t20-;/m1./s1. The first-order chi connectivity index (χ1) is 13.5. The van der Waals surface area contributed by atoms with Gasteiger partial charge in [0.25, 0.3) is 0 Å². The summed E-state index contributed by atoms with van der Waals surface area (Å²) in [7, 11) is 0. The Labute approximate surface area is 174 Å². The average Bonchev–Trinajstić information content (AvgIpc) is 2.68. The second-order valence-electron chi connectivity index (χ2n) is 10.4. The van der Waals surface area contributed by atoms with Crippen molar-refractivity contribution in [2.75, 3.05) is 52.4 Å². The Bertz CT molecular complexity index is 433. The summed E-state index contributed by atoms with van der Waals surface area (Å²) in [6.45, 7) is 18.7. The normalized spacial score (nSPS) is 30.1.